The van der Waals surface area contributed by atoms with E-state index in [0.717, 1.165) is 35.4 Å². The molecular formula is C18H25FN+. The summed E-state index contributed by atoms with van der Waals surface area (Å²) in [4.78, 5) is 0. The summed E-state index contributed by atoms with van der Waals surface area (Å²) < 4.78 is 15.5. The Labute approximate surface area is 122 Å². The molecule has 0 bridgehead atoms. The van der Waals surface area contributed by atoms with Crippen molar-refractivity contribution in [2.24, 2.45) is 5.41 Å². The molecule has 1 heterocycles. The van der Waals surface area contributed by atoms with Gasteiger partial charge in [-0.05, 0) is 44.1 Å². The maximum Gasteiger partial charge on any atom is 0.191 e. The Hall–Kier alpha value is -1.70. The molecule has 1 aliphatic rings. The highest BCUT2D eigenvalue weighted by Crippen LogP contribution is 2.48. The number of nitrogens with zero attached hydrogens (tertiary/aromatic N) is 1. The standard InChI is InChI=1S/C18H25FN/c1-8-11-20-15(6)14(5)17(12-13(4)19)18(9-2,10-3)16(20)7/h8,11-12H,4-5,7,9-10H2,1-3,6H3/q+1. The van der Waals surface area contributed by atoms with Gasteiger partial charge in [0.05, 0.1) is 5.41 Å². The third kappa shape index (κ3) is 2.47. The molecule has 20 heavy (non-hydrogen) atoms. The molecule has 0 fully saturated rings. The summed E-state index contributed by atoms with van der Waals surface area (Å²) in [5.74, 6) is -0.437. The SMILES string of the molecule is C=C(F)C=C1C(=C)C(C)=[N+](C=CC)C(=C)C1(CC)CC. The van der Waals surface area contributed by atoms with Gasteiger partial charge in [0, 0.05) is 12.5 Å². The van der Waals surface area contributed by atoms with Crippen molar-refractivity contribution in [2.75, 3.05) is 0 Å². The van der Waals surface area contributed by atoms with Crippen LogP contribution in [0, 0.1) is 5.41 Å². The molecule has 0 aromatic heterocycles. The van der Waals surface area contributed by atoms with E-state index in [9.17, 15) is 4.39 Å². The van der Waals surface area contributed by atoms with Crippen molar-refractivity contribution in [3.8, 4) is 0 Å². The van der Waals surface area contributed by atoms with Crippen molar-refractivity contribution in [2.45, 2.75) is 40.5 Å². The first kappa shape index (κ1) is 16.4. The number of allylic oxidation sites excluding steroid dienone is 5. The van der Waals surface area contributed by atoms with Crippen LogP contribution >= 0.6 is 0 Å². The molecule has 0 N–H and O–H groups in total. The van der Waals surface area contributed by atoms with E-state index >= 15 is 0 Å². The molecule has 0 aliphatic carbocycles. The van der Waals surface area contributed by atoms with Gasteiger partial charge < -0.3 is 0 Å². The Kier molecular flexibility index (Phi) is 5.04. The molecule has 0 saturated carbocycles. The maximum absolute atomic E-state index is 13.4. The molecule has 0 aromatic rings. The van der Waals surface area contributed by atoms with E-state index in [-0.39, 0.29) is 5.41 Å². The maximum atomic E-state index is 13.4. The fourth-order valence-electron chi connectivity index (χ4n) is 2.99. The highest BCUT2D eigenvalue weighted by atomic mass is 19.1. The van der Waals surface area contributed by atoms with Gasteiger partial charge in [-0.3, -0.25) is 0 Å². The molecule has 1 rings (SSSR count). The monoisotopic (exact) mass is 274 g/mol. The average Bonchev–Trinajstić information content (AvgIpc) is 2.42. The van der Waals surface area contributed by atoms with Gasteiger partial charge in [-0.2, -0.15) is 4.58 Å². The van der Waals surface area contributed by atoms with Crippen LogP contribution in [0.2, 0.25) is 0 Å². The Morgan fingerprint density at radius 3 is 2.25 bits per heavy atom. The summed E-state index contributed by atoms with van der Waals surface area (Å²) in [7, 11) is 0. The Balaban J connectivity index is 3.68. The largest absolute Gasteiger partial charge is 0.208 e. The van der Waals surface area contributed by atoms with Crippen LogP contribution in [0.4, 0.5) is 4.39 Å². The topological polar surface area (TPSA) is 3.01 Å². The fourth-order valence-corrected chi connectivity index (χ4v) is 2.99. The lowest BCUT2D eigenvalue weighted by atomic mass is 9.67. The Morgan fingerprint density at radius 2 is 1.85 bits per heavy atom. The predicted octanol–water partition coefficient (Wildman–Crippen LogP) is 5.29. The van der Waals surface area contributed by atoms with E-state index in [1.165, 1.54) is 6.08 Å². The van der Waals surface area contributed by atoms with Gasteiger partial charge >= 0.3 is 0 Å². The van der Waals surface area contributed by atoms with Crippen molar-refractivity contribution in [1.82, 2.24) is 0 Å². The van der Waals surface area contributed by atoms with Crippen LogP contribution in [-0.4, -0.2) is 10.3 Å². The predicted molar refractivity (Wildman–Crippen MR) is 85.4 cm³/mol. The summed E-state index contributed by atoms with van der Waals surface area (Å²) in [6.07, 6.45) is 7.17. The zero-order valence-corrected chi connectivity index (χ0v) is 13.1. The number of hydrogen-bond acceptors (Lipinski definition) is 0. The first-order valence-electron chi connectivity index (χ1n) is 7.06. The lowest BCUT2D eigenvalue weighted by molar-refractivity contribution is -0.419. The Morgan fingerprint density at radius 1 is 1.30 bits per heavy atom. The molecule has 2 heteroatoms. The zero-order chi connectivity index (χ0) is 15.5. The summed E-state index contributed by atoms with van der Waals surface area (Å²) in [5, 5.41) is 0. The van der Waals surface area contributed by atoms with Crippen molar-refractivity contribution in [3.05, 3.63) is 60.8 Å². The second kappa shape index (κ2) is 6.17. The normalized spacial score (nSPS) is 21.1. The van der Waals surface area contributed by atoms with E-state index in [4.69, 9.17) is 0 Å². The summed E-state index contributed by atoms with van der Waals surface area (Å²) >= 11 is 0. The van der Waals surface area contributed by atoms with Gasteiger partial charge in [0.2, 0.25) is 0 Å². The lowest BCUT2D eigenvalue weighted by Gasteiger charge is -2.37. The molecular weight excluding hydrogens is 249 g/mol. The fraction of sp³-hybridized carbons (Fsp3) is 0.389. The first-order valence-corrected chi connectivity index (χ1v) is 7.06. The molecule has 0 saturated heterocycles. The zero-order valence-electron chi connectivity index (χ0n) is 13.1. The lowest BCUT2D eigenvalue weighted by Crippen LogP contribution is -2.38. The van der Waals surface area contributed by atoms with Crippen LogP contribution in [-0.2, 0) is 0 Å². The molecule has 0 aromatic carbocycles. The molecule has 0 spiro atoms. The van der Waals surface area contributed by atoms with Gasteiger partial charge in [0.25, 0.3) is 0 Å². The number of halogens is 1. The van der Waals surface area contributed by atoms with Gasteiger partial charge in [-0.15, -0.1) is 0 Å². The van der Waals surface area contributed by atoms with E-state index in [0.29, 0.717) is 0 Å². The van der Waals surface area contributed by atoms with E-state index in [1.807, 2.05) is 26.1 Å². The molecule has 108 valence electrons. The van der Waals surface area contributed by atoms with Crippen LogP contribution in [0.5, 0.6) is 0 Å². The molecule has 0 radical (unpaired) electrons. The molecule has 0 atom stereocenters. The smallest absolute Gasteiger partial charge is 0.191 e. The highest BCUT2D eigenvalue weighted by Gasteiger charge is 2.46. The summed E-state index contributed by atoms with van der Waals surface area (Å²) in [5.41, 5.74) is 3.43. The third-order valence-electron chi connectivity index (χ3n) is 4.29. The van der Waals surface area contributed by atoms with Crippen LogP contribution < -0.4 is 0 Å². The average molecular weight is 274 g/mol. The molecule has 0 amide bonds. The minimum atomic E-state index is -0.437. The van der Waals surface area contributed by atoms with Gasteiger partial charge in [-0.25, -0.2) is 4.39 Å². The van der Waals surface area contributed by atoms with Crippen LogP contribution in [0.25, 0.3) is 0 Å². The number of hydrogen-bond donors (Lipinski definition) is 0. The minimum Gasteiger partial charge on any atom is -0.208 e. The molecule has 0 unspecified atom stereocenters. The van der Waals surface area contributed by atoms with Gasteiger partial charge in [0.15, 0.2) is 17.6 Å². The highest BCUT2D eigenvalue weighted by molar-refractivity contribution is 6.00. The van der Waals surface area contributed by atoms with Crippen molar-refractivity contribution >= 4 is 5.71 Å². The van der Waals surface area contributed by atoms with E-state index < -0.39 is 5.83 Å². The van der Waals surface area contributed by atoms with Crippen LogP contribution in [0.15, 0.2) is 60.8 Å². The van der Waals surface area contributed by atoms with E-state index in [2.05, 4.69) is 38.2 Å². The minimum absolute atomic E-state index is 0.287. The summed E-state index contributed by atoms with van der Waals surface area (Å²) in [6.45, 7) is 20.0. The van der Waals surface area contributed by atoms with Crippen molar-refractivity contribution in [1.29, 1.82) is 0 Å². The molecule has 1 aliphatic heterocycles. The van der Waals surface area contributed by atoms with Crippen LogP contribution in [0.3, 0.4) is 0 Å². The Bertz CT molecular complexity index is 540. The van der Waals surface area contributed by atoms with Crippen LogP contribution in [0.1, 0.15) is 40.5 Å². The van der Waals surface area contributed by atoms with Crippen molar-refractivity contribution in [3.63, 3.8) is 0 Å². The van der Waals surface area contributed by atoms with E-state index in [1.54, 1.807) is 0 Å². The quantitative estimate of drug-likeness (QED) is 0.612. The third-order valence-corrected chi connectivity index (χ3v) is 4.29. The molecule has 1 nitrogen and oxygen atoms in total. The second-order valence-corrected chi connectivity index (χ2v) is 5.16. The van der Waals surface area contributed by atoms with Gasteiger partial charge in [0.1, 0.15) is 5.83 Å². The second-order valence-electron chi connectivity index (χ2n) is 5.16. The van der Waals surface area contributed by atoms with Crippen molar-refractivity contribution < 1.29 is 8.97 Å². The number of rotatable bonds is 4. The van der Waals surface area contributed by atoms with Gasteiger partial charge in [-0.1, -0.05) is 27.0 Å². The summed E-state index contributed by atoms with van der Waals surface area (Å²) in [6, 6.07) is 0. The first-order chi connectivity index (χ1) is 9.35.